The Morgan fingerprint density at radius 2 is 2.14 bits per heavy atom. The molecule has 2 atom stereocenters. The van der Waals surface area contributed by atoms with E-state index in [4.69, 9.17) is 0 Å². The zero-order chi connectivity index (χ0) is 19.3. The molecule has 5 rings (SSSR count). The van der Waals surface area contributed by atoms with E-state index in [1.165, 1.54) is 11.3 Å². The van der Waals surface area contributed by atoms with Crippen molar-refractivity contribution in [2.75, 3.05) is 11.9 Å². The molecule has 2 aromatic heterocycles. The van der Waals surface area contributed by atoms with Crippen molar-refractivity contribution < 1.29 is 9.59 Å². The van der Waals surface area contributed by atoms with Gasteiger partial charge in [0.15, 0.2) is 0 Å². The largest absolute Gasteiger partial charge is 0.329 e. The fourth-order valence-electron chi connectivity index (χ4n) is 4.54. The zero-order valence-corrected chi connectivity index (χ0v) is 16.1. The second-order valence-corrected chi connectivity index (χ2v) is 8.03. The predicted octanol–water partition coefficient (Wildman–Crippen LogP) is 3.32. The van der Waals surface area contributed by atoms with Crippen LogP contribution >= 0.6 is 11.3 Å². The normalized spacial score (nSPS) is 23.1. The van der Waals surface area contributed by atoms with E-state index in [-0.39, 0.29) is 11.8 Å². The lowest BCUT2D eigenvalue weighted by atomic mass is 9.73. The highest BCUT2D eigenvalue weighted by Crippen LogP contribution is 2.54. The molecule has 2 aliphatic heterocycles. The zero-order valence-electron chi connectivity index (χ0n) is 15.3. The fourth-order valence-corrected chi connectivity index (χ4v) is 5.30. The van der Waals surface area contributed by atoms with Crippen molar-refractivity contribution in [1.82, 2.24) is 14.9 Å². The lowest BCUT2D eigenvalue weighted by molar-refractivity contribution is -0.121. The Morgan fingerprint density at radius 1 is 1.29 bits per heavy atom. The van der Waals surface area contributed by atoms with E-state index >= 15 is 0 Å². The van der Waals surface area contributed by atoms with Gasteiger partial charge in [-0.25, -0.2) is 4.98 Å². The number of rotatable bonds is 2. The van der Waals surface area contributed by atoms with Gasteiger partial charge < -0.3 is 10.2 Å². The summed E-state index contributed by atoms with van der Waals surface area (Å²) in [5.41, 5.74) is 4.23. The minimum absolute atomic E-state index is 0.0566. The molecule has 0 saturated carbocycles. The van der Waals surface area contributed by atoms with E-state index in [0.717, 1.165) is 22.5 Å². The maximum absolute atomic E-state index is 13.4. The number of fused-ring (bicyclic) bond motifs is 2. The summed E-state index contributed by atoms with van der Waals surface area (Å²) < 4.78 is 0. The number of benzene rings is 1. The summed E-state index contributed by atoms with van der Waals surface area (Å²) >= 11 is 1.34. The van der Waals surface area contributed by atoms with Gasteiger partial charge in [-0.15, -0.1) is 11.3 Å². The van der Waals surface area contributed by atoms with Crippen molar-refractivity contribution in [2.24, 2.45) is 0 Å². The molecule has 4 heterocycles. The Morgan fingerprint density at radius 3 is 2.89 bits per heavy atom. The summed E-state index contributed by atoms with van der Waals surface area (Å²) in [6, 6.07) is 11.1. The number of hydrogen-bond donors (Lipinski definition) is 1. The molecule has 1 N–H and O–H groups in total. The third kappa shape index (κ3) is 2.26. The van der Waals surface area contributed by atoms with Crippen molar-refractivity contribution in [2.45, 2.75) is 24.8 Å². The van der Waals surface area contributed by atoms with Crippen LogP contribution in [0.15, 0.2) is 54.3 Å². The van der Waals surface area contributed by atoms with Gasteiger partial charge in [-0.3, -0.25) is 14.6 Å². The number of anilines is 1. The summed E-state index contributed by atoms with van der Waals surface area (Å²) in [6.07, 6.45) is 4.03. The number of nitrogens with one attached hydrogen (secondary N) is 1. The molecule has 1 fully saturated rings. The van der Waals surface area contributed by atoms with E-state index in [0.29, 0.717) is 17.8 Å². The first-order valence-corrected chi connectivity index (χ1v) is 10.0. The topological polar surface area (TPSA) is 75.2 Å². The van der Waals surface area contributed by atoms with Crippen LogP contribution in [-0.4, -0.2) is 33.2 Å². The number of thiazole rings is 1. The SMILES string of the molecule is Cc1ncsc1C(=O)N1CCC2(C(=O)Nc3ccccc32)C1c1cccnc1. The van der Waals surface area contributed by atoms with Crippen molar-refractivity contribution in [3.8, 4) is 0 Å². The van der Waals surface area contributed by atoms with Crippen LogP contribution < -0.4 is 5.32 Å². The van der Waals surface area contributed by atoms with Crippen LogP contribution in [0.3, 0.4) is 0 Å². The van der Waals surface area contributed by atoms with E-state index in [2.05, 4.69) is 15.3 Å². The van der Waals surface area contributed by atoms with Crippen LogP contribution in [0.4, 0.5) is 5.69 Å². The minimum Gasteiger partial charge on any atom is -0.329 e. The average Bonchev–Trinajstić information content (AvgIpc) is 3.40. The molecule has 2 unspecified atom stereocenters. The lowest BCUT2D eigenvalue weighted by Crippen LogP contribution is -2.42. The van der Waals surface area contributed by atoms with Crippen molar-refractivity contribution in [3.63, 3.8) is 0 Å². The molecule has 1 saturated heterocycles. The molecular weight excluding hydrogens is 372 g/mol. The van der Waals surface area contributed by atoms with E-state index in [1.54, 1.807) is 17.9 Å². The number of hydrogen-bond acceptors (Lipinski definition) is 5. The van der Waals surface area contributed by atoms with Gasteiger partial charge in [0.05, 0.1) is 17.2 Å². The number of likely N-dealkylation sites (tertiary alicyclic amines) is 1. The third-order valence-electron chi connectivity index (χ3n) is 5.79. The Labute approximate surface area is 166 Å². The van der Waals surface area contributed by atoms with Gasteiger partial charge in [-0.1, -0.05) is 24.3 Å². The van der Waals surface area contributed by atoms with Gasteiger partial charge in [-0.2, -0.15) is 0 Å². The molecule has 28 heavy (non-hydrogen) atoms. The number of amides is 2. The standard InChI is InChI=1S/C21H18N4O2S/c1-13-17(28-12-23-13)19(26)25-10-8-21(18(25)14-5-4-9-22-11-14)15-6-2-3-7-16(15)24-20(21)27/h2-7,9,11-12,18H,8,10H2,1H3,(H,24,27). The smallest absolute Gasteiger partial charge is 0.266 e. The Balaban J connectivity index is 1.69. The highest BCUT2D eigenvalue weighted by atomic mass is 32.1. The molecular formula is C21H18N4O2S. The maximum Gasteiger partial charge on any atom is 0.266 e. The summed E-state index contributed by atoms with van der Waals surface area (Å²) in [4.78, 5) is 37.6. The van der Waals surface area contributed by atoms with Gasteiger partial charge in [0.25, 0.3) is 5.91 Å². The highest BCUT2D eigenvalue weighted by Gasteiger charge is 2.59. The van der Waals surface area contributed by atoms with Crippen LogP contribution in [-0.2, 0) is 10.2 Å². The first kappa shape index (κ1) is 17.1. The van der Waals surface area contributed by atoms with Gasteiger partial charge >= 0.3 is 0 Å². The van der Waals surface area contributed by atoms with Crippen molar-refractivity contribution >= 4 is 28.8 Å². The molecule has 1 spiro atoms. The number of carbonyl (C=O) groups excluding carboxylic acids is 2. The fraction of sp³-hybridized carbons (Fsp3) is 0.238. The molecule has 3 aromatic rings. The molecule has 140 valence electrons. The molecule has 2 amide bonds. The monoisotopic (exact) mass is 390 g/mol. The van der Waals surface area contributed by atoms with Crippen LogP contribution in [0.1, 0.15) is 39.0 Å². The Bertz CT molecular complexity index is 1080. The van der Waals surface area contributed by atoms with Crippen molar-refractivity contribution in [1.29, 1.82) is 0 Å². The Kier molecular flexibility index (Phi) is 3.80. The molecule has 6 nitrogen and oxygen atoms in total. The molecule has 7 heteroatoms. The molecule has 0 aliphatic carbocycles. The van der Waals surface area contributed by atoms with E-state index in [9.17, 15) is 9.59 Å². The van der Waals surface area contributed by atoms with Crippen LogP contribution in [0.2, 0.25) is 0 Å². The first-order chi connectivity index (χ1) is 13.6. The van der Waals surface area contributed by atoms with Crippen LogP contribution in [0, 0.1) is 6.92 Å². The molecule has 0 bridgehead atoms. The van der Waals surface area contributed by atoms with Gasteiger partial charge in [-0.05, 0) is 36.6 Å². The third-order valence-corrected chi connectivity index (χ3v) is 6.70. The summed E-state index contributed by atoms with van der Waals surface area (Å²) in [7, 11) is 0. The molecule has 1 aromatic carbocycles. The quantitative estimate of drug-likeness (QED) is 0.728. The number of aromatic nitrogens is 2. The summed E-state index contributed by atoms with van der Waals surface area (Å²) in [5, 5.41) is 3.03. The summed E-state index contributed by atoms with van der Waals surface area (Å²) in [5.74, 6) is -0.137. The number of nitrogens with zero attached hydrogens (tertiary/aromatic N) is 3. The van der Waals surface area contributed by atoms with E-state index < -0.39 is 11.5 Å². The second kappa shape index (κ2) is 6.24. The van der Waals surface area contributed by atoms with Gasteiger partial charge in [0.1, 0.15) is 10.3 Å². The lowest BCUT2D eigenvalue weighted by Gasteiger charge is -2.34. The molecule has 0 radical (unpaired) electrons. The first-order valence-electron chi connectivity index (χ1n) is 9.15. The maximum atomic E-state index is 13.4. The Hall–Kier alpha value is -3.06. The van der Waals surface area contributed by atoms with Crippen molar-refractivity contribution in [3.05, 3.63) is 76.0 Å². The number of pyridine rings is 1. The van der Waals surface area contributed by atoms with Crippen LogP contribution in [0.5, 0.6) is 0 Å². The van der Waals surface area contributed by atoms with Gasteiger partial charge in [0.2, 0.25) is 5.91 Å². The number of para-hydroxylation sites is 1. The predicted molar refractivity (Wildman–Crippen MR) is 106 cm³/mol. The minimum atomic E-state index is -0.812. The van der Waals surface area contributed by atoms with Gasteiger partial charge in [0, 0.05) is 24.6 Å². The number of aryl methyl sites for hydroxylation is 1. The van der Waals surface area contributed by atoms with E-state index in [1.807, 2.05) is 48.2 Å². The second-order valence-electron chi connectivity index (χ2n) is 7.18. The van der Waals surface area contributed by atoms with Crippen LogP contribution in [0.25, 0.3) is 0 Å². The summed E-state index contributed by atoms with van der Waals surface area (Å²) in [6.45, 7) is 2.34. The highest BCUT2D eigenvalue weighted by molar-refractivity contribution is 7.11. The number of carbonyl (C=O) groups is 2. The molecule has 2 aliphatic rings. The average molecular weight is 390 g/mol.